The highest BCUT2D eigenvalue weighted by Gasteiger charge is 2.28. The van der Waals surface area contributed by atoms with Crippen LogP contribution in [0.2, 0.25) is 0 Å². The quantitative estimate of drug-likeness (QED) is 0.799. The maximum atomic E-state index is 11.7. The highest BCUT2D eigenvalue weighted by molar-refractivity contribution is 5.58. The van der Waals surface area contributed by atoms with Crippen molar-refractivity contribution in [2.45, 2.75) is 18.8 Å². The minimum absolute atomic E-state index is 0.235. The first-order chi connectivity index (χ1) is 9.19. The molecule has 7 nitrogen and oxygen atoms in total. The highest BCUT2D eigenvalue weighted by Crippen LogP contribution is 2.41. The summed E-state index contributed by atoms with van der Waals surface area (Å²) in [6.07, 6.45) is 3.33. The predicted octanol–water partition coefficient (Wildman–Crippen LogP) is 0.269. The number of nitrogens with one attached hydrogen (secondary N) is 2. The molecule has 3 rings (SSSR count). The van der Waals surface area contributed by atoms with Gasteiger partial charge in [0.25, 0.3) is 5.56 Å². The molecule has 0 aliphatic heterocycles. The summed E-state index contributed by atoms with van der Waals surface area (Å²) in [5.41, 5.74) is 0.615. The first-order valence-corrected chi connectivity index (χ1v) is 5.79. The van der Waals surface area contributed by atoms with E-state index in [0.717, 1.165) is 18.4 Å². The lowest BCUT2D eigenvalue weighted by molar-refractivity contribution is 0.952. The Bertz CT molecular complexity index is 795. The van der Waals surface area contributed by atoms with Crippen LogP contribution < -0.4 is 11.2 Å². The second-order valence-electron chi connectivity index (χ2n) is 4.41. The summed E-state index contributed by atoms with van der Waals surface area (Å²) in [6, 6.07) is 3.70. The molecular formula is C12H9N5O2. The van der Waals surface area contributed by atoms with E-state index >= 15 is 0 Å². The SMILES string of the molecule is N#Cc1nnc(-c2c[nH]c(=O)[nH]c2=O)cc1C1CC1. The van der Waals surface area contributed by atoms with Gasteiger partial charge in [0.15, 0.2) is 5.69 Å². The molecule has 1 aliphatic carbocycles. The Hall–Kier alpha value is -2.75. The van der Waals surface area contributed by atoms with Crippen LogP contribution in [-0.2, 0) is 0 Å². The Balaban J connectivity index is 2.16. The molecule has 0 saturated heterocycles. The molecular weight excluding hydrogens is 246 g/mol. The Labute approximate surface area is 107 Å². The van der Waals surface area contributed by atoms with Gasteiger partial charge >= 0.3 is 5.69 Å². The number of rotatable bonds is 2. The minimum atomic E-state index is -0.572. The summed E-state index contributed by atoms with van der Waals surface area (Å²) in [5, 5.41) is 16.7. The molecule has 0 atom stereocenters. The van der Waals surface area contributed by atoms with Crippen molar-refractivity contribution in [2.75, 3.05) is 0 Å². The van der Waals surface area contributed by atoms with Crippen molar-refractivity contribution in [2.24, 2.45) is 0 Å². The smallest absolute Gasteiger partial charge is 0.313 e. The molecule has 0 radical (unpaired) electrons. The Morgan fingerprint density at radius 3 is 2.74 bits per heavy atom. The molecule has 0 bridgehead atoms. The molecule has 0 unspecified atom stereocenters. The average Bonchev–Trinajstić information content (AvgIpc) is 3.22. The fourth-order valence-corrected chi connectivity index (χ4v) is 1.93. The zero-order valence-electron chi connectivity index (χ0n) is 9.80. The Kier molecular flexibility index (Phi) is 2.49. The van der Waals surface area contributed by atoms with Gasteiger partial charge in [0, 0.05) is 6.20 Å². The third-order valence-corrected chi connectivity index (χ3v) is 3.04. The summed E-state index contributed by atoms with van der Waals surface area (Å²) in [7, 11) is 0. The predicted molar refractivity (Wildman–Crippen MR) is 65.4 cm³/mol. The molecule has 2 N–H and O–H groups in total. The molecule has 1 aliphatic rings. The van der Waals surface area contributed by atoms with Crippen LogP contribution in [0.25, 0.3) is 11.3 Å². The number of hydrogen-bond donors (Lipinski definition) is 2. The molecule has 0 aromatic carbocycles. The van der Waals surface area contributed by atoms with E-state index < -0.39 is 11.2 Å². The third kappa shape index (κ3) is 2.04. The second-order valence-corrected chi connectivity index (χ2v) is 4.41. The molecule has 0 spiro atoms. The molecule has 1 fully saturated rings. The van der Waals surface area contributed by atoms with Gasteiger partial charge in [0.1, 0.15) is 11.8 Å². The van der Waals surface area contributed by atoms with E-state index in [1.165, 1.54) is 6.20 Å². The lowest BCUT2D eigenvalue weighted by Gasteiger charge is -2.03. The number of H-pyrrole nitrogens is 2. The van der Waals surface area contributed by atoms with Gasteiger partial charge in [-0.2, -0.15) is 5.26 Å². The molecule has 94 valence electrons. The summed E-state index contributed by atoms with van der Waals surface area (Å²) in [6.45, 7) is 0. The monoisotopic (exact) mass is 255 g/mol. The number of hydrogen-bond acceptors (Lipinski definition) is 5. The van der Waals surface area contributed by atoms with Gasteiger partial charge < -0.3 is 4.98 Å². The molecule has 19 heavy (non-hydrogen) atoms. The zero-order chi connectivity index (χ0) is 13.4. The average molecular weight is 255 g/mol. The summed E-state index contributed by atoms with van der Waals surface area (Å²) in [4.78, 5) is 27.2. The second kappa shape index (κ2) is 4.17. The van der Waals surface area contributed by atoms with Crippen molar-refractivity contribution in [1.82, 2.24) is 20.2 Å². The molecule has 2 aromatic heterocycles. The van der Waals surface area contributed by atoms with E-state index in [1.807, 2.05) is 6.07 Å². The van der Waals surface area contributed by atoms with Crippen LogP contribution in [0.3, 0.4) is 0 Å². The van der Waals surface area contributed by atoms with Crippen LogP contribution in [0.15, 0.2) is 21.9 Å². The Morgan fingerprint density at radius 2 is 2.11 bits per heavy atom. The van der Waals surface area contributed by atoms with Gasteiger partial charge in [-0.3, -0.25) is 9.78 Å². The van der Waals surface area contributed by atoms with E-state index in [0.29, 0.717) is 17.3 Å². The van der Waals surface area contributed by atoms with Gasteiger partial charge in [-0.05, 0) is 30.4 Å². The standard InChI is InChI=1S/C12H9N5O2/c13-4-10-7(6-1-2-6)3-9(16-17-10)8-5-14-12(19)15-11(8)18/h3,5-6H,1-2H2,(H2,14,15,18,19). The summed E-state index contributed by atoms with van der Waals surface area (Å²) >= 11 is 0. The van der Waals surface area contributed by atoms with Crippen LogP contribution in [-0.4, -0.2) is 20.2 Å². The topological polar surface area (TPSA) is 115 Å². The number of aromatic amines is 2. The fraction of sp³-hybridized carbons (Fsp3) is 0.250. The third-order valence-electron chi connectivity index (χ3n) is 3.04. The van der Waals surface area contributed by atoms with Crippen molar-refractivity contribution >= 4 is 0 Å². The van der Waals surface area contributed by atoms with Crippen LogP contribution in [0.4, 0.5) is 0 Å². The molecule has 2 heterocycles. The van der Waals surface area contributed by atoms with E-state index in [-0.39, 0.29) is 5.56 Å². The van der Waals surface area contributed by atoms with Crippen molar-refractivity contribution in [3.05, 3.63) is 44.4 Å². The van der Waals surface area contributed by atoms with Crippen LogP contribution in [0, 0.1) is 11.3 Å². The highest BCUT2D eigenvalue weighted by atomic mass is 16.2. The van der Waals surface area contributed by atoms with Gasteiger partial charge in [-0.15, -0.1) is 10.2 Å². The van der Waals surface area contributed by atoms with Crippen LogP contribution in [0.5, 0.6) is 0 Å². The first-order valence-electron chi connectivity index (χ1n) is 5.79. The normalized spacial score (nSPS) is 14.1. The Morgan fingerprint density at radius 1 is 1.32 bits per heavy atom. The zero-order valence-corrected chi connectivity index (χ0v) is 9.80. The number of nitrogens with zero attached hydrogens (tertiary/aromatic N) is 3. The van der Waals surface area contributed by atoms with Crippen LogP contribution >= 0.6 is 0 Å². The van der Waals surface area contributed by atoms with Gasteiger partial charge in [0.2, 0.25) is 0 Å². The molecule has 1 saturated carbocycles. The van der Waals surface area contributed by atoms with Gasteiger partial charge in [-0.25, -0.2) is 4.79 Å². The summed E-state index contributed by atoms with van der Waals surface area (Å²) < 4.78 is 0. The van der Waals surface area contributed by atoms with E-state index in [9.17, 15) is 9.59 Å². The summed E-state index contributed by atoms with van der Waals surface area (Å²) in [5.74, 6) is 0.325. The molecule has 7 heteroatoms. The van der Waals surface area contributed by atoms with Crippen molar-refractivity contribution < 1.29 is 0 Å². The van der Waals surface area contributed by atoms with Gasteiger partial charge in [-0.1, -0.05) is 0 Å². The van der Waals surface area contributed by atoms with E-state index in [1.54, 1.807) is 6.07 Å². The maximum Gasteiger partial charge on any atom is 0.325 e. The lowest BCUT2D eigenvalue weighted by Crippen LogP contribution is -2.23. The molecule has 2 aromatic rings. The maximum absolute atomic E-state index is 11.7. The van der Waals surface area contributed by atoms with E-state index in [2.05, 4.69) is 20.2 Å². The molecule has 0 amide bonds. The number of aromatic nitrogens is 4. The van der Waals surface area contributed by atoms with Crippen LogP contribution in [0.1, 0.15) is 30.0 Å². The first kappa shape index (κ1) is 11.3. The van der Waals surface area contributed by atoms with Crippen molar-refractivity contribution in [1.29, 1.82) is 5.26 Å². The number of nitriles is 1. The van der Waals surface area contributed by atoms with Gasteiger partial charge in [0.05, 0.1) is 5.56 Å². The fourth-order valence-electron chi connectivity index (χ4n) is 1.93. The van der Waals surface area contributed by atoms with Crippen molar-refractivity contribution in [3.63, 3.8) is 0 Å². The largest absolute Gasteiger partial charge is 0.325 e. The van der Waals surface area contributed by atoms with Crippen molar-refractivity contribution in [3.8, 4) is 17.3 Å². The lowest BCUT2D eigenvalue weighted by atomic mass is 10.1. The van der Waals surface area contributed by atoms with E-state index in [4.69, 9.17) is 5.26 Å². The minimum Gasteiger partial charge on any atom is -0.313 e.